The first-order valence-corrected chi connectivity index (χ1v) is 6.86. The van der Waals surface area contributed by atoms with Crippen molar-refractivity contribution in [2.75, 3.05) is 0 Å². The summed E-state index contributed by atoms with van der Waals surface area (Å²) in [5.41, 5.74) is 3.45. The molecule has 0 N–H and O–H groups in total. The molecule has 1 unspecified atom stereocenters. The highest BCUT2D eigenvalue weighted by molar-refractivity contribution is 7.11. The summed E-state index contributed by atoms with van der Waals surface area (Å²) in [5, 5.41) is 0.932. The first-order chi connectivity index (χ1) is 8.60. The zero-order valence-electron chi connectivity index (χ0n) is 10.9. The summed E-state index contributed by atoms with van der Waals surface area (Å²) in [6.07, 6.45) is 1.75. The number of nitrogens with zero attached hydrogens (tertiary/aromatic N) is 1. The normalized spacial score (nSPS) is 12.4. The summed E-state index contributed by atoms with van der Waals surface area (Å²) in [4.78, 5) is 17.0. The minimum Gasteiger partial charge on any atom is -0.303 e. The first-order valence-electron chi connectivity index (χ1n) is 6.05. The van der Waals surface area contributed by atoms with Crippen LogP contribution < -0.4 is 0 Å². The molecule has 2 rings (SSSR count). The van der Waals surface area contributed by atoms with Gasteiger partial charge in [-0.15, -0.1) is 11.3 Å². The van der Waals surface area contributed by atoms with Gasteiger partial charge in [0.2, 0.25) is 0 Å². The number of hydrogen-bond acceptors (Lipinski definition) is 3. The molecule has 0 spiro atoms. The lowest BCUT2D eigenvalue weighted by Crippen LogP contribution is -2.04. The van der Waals surface area contributed by atoms with Gasteiger partial charge >= 0.3 is 0 Å². The minimum atomic E-state index is -0.121. The van der Waals surface area contributed by atoms with Crippen LogP contribution in [0.15, 0.2) is 24.3 Å². The van der Waals surface area contributed by atoms with Gasteiger partial charge in [-0.3, -0.25) is 0 Å². The minimum absolute atomic E-state index is 0.121. The molecule has 0 bridgehead atoms. The van der Waals surface area contributed by atoms with Crippen LogP contribution in [0.3, 0.4) is 0 Å². The third-order valence-electron chi connectivity index (χ3n) is 3.06. The molecular formula is C15H17NOS. The van der Waals surface area contributed by atoms with E-state index in [0.717, 1.165) is 23.4 Å². The molecule has 0 saturated heterocycles. The van der Waals surface area contributed by atoms with Gasteiger partial charge in [0.25, 0.3) is 0 Å². The Bertz CT molecular complexity index is 540. The zero-order chi connectivity index (χ0) is 13.1. The molecular weight excluding hydrogens is 242 g/mol. The van der Waals surface area contributed by atoms with Gasteiger partial charge < -0.3 is 4.79 Å². The molecule has 0 aliphatic heterocycles. The molecule has 0 aliphatic rings. The Labute approximate surface area is 112 Å². The highest BCUT2D eigenvalue weighted by atomic mass is 32.1. The van der Waals surface area contributed by atoms with Crippen molar-refractivity contribution in [1.29, 1.82) is 0 Å². The van der Waals surface area contributed by atoms with E-state index in [9.17, 15) is 4.79 Å². The van der Waals surface area contributed by atoms with Crippen LogP contribution in [-0.2, 0) is 11.2 Å². The number of hydrogen-bond donors (Lipinski definition) is 0. The second kappa shape index (κ2) is 5.44. The first kappa shape index (κ1) is 13.0. The predicted molar refractivity (Wildman–Crippen MR) is 75.3 cm³/mol. The molecule has 0 fully saturated rings. The van der Waals surface area contributed by atoms with Crippen molar-refractivity contribution in [2.45, 2.75) is 33.1 Å². The maximum Gasteiger partial charge on any atom is 0.130 e. The molecule has 94 valence electrons. The van der Waals surface area contributed by atoms with Crippen LogP contribution in [0.25, 0.3) is 0 Å². The number of aldehydes is 1. The summed E-state index contributed by atoms with van der Waals surface area (Å²) in [6.45, 7) is 6.10. The number of carbonyl (C=O) groups is 1. The molecule has 1 aromatic heterocycles. The van der Waals surface area contributed by atoms with Gasteiger partial charge in [-0.05, 0) is 32.8 Å². The Hall–Kier alpha value is -1.48. The SMILES string of the molecule is Cc1cccc(CC(C=O)c2nc(C)c(C)s2)c1. The summed E-state index contributed by atoms with van der Waals surface area (Å²) < 4.78 is 0. The predicted octanol–water partition coefficient (Wildman–Crippen LogP) is 3.59. The van der Waals surface area contributed by atoms with E-state index in [2.05, 4.69) is 30.1 Å². The third kappa shape index (κ3) is 2.85. The maximum atomic E-state index is 11.3. The Kier molecular flexibility index (Phi) is 3.92. The standard InChI is InChI=1S/C15H17NOS/c1-10-5-4-6-13(7-10)8-14(9-17)15-16-11(2)12(3)18-15/h4-7,9,14H,8H2,1-3H3. The number of aryl methyl sites for hydroxylation is 3. The average molecular weight is 259 g/mol. The van der Waals surface area contributed by atoms with Crippen molar-refractivity contribution in [3.8, 4) is 0 Å². The van der Waals surface area contributed by atoms with Crippen molar-refractivity contribution in [1.82, 2.24) is 4.98 Å². The van der Waals surface area contributed by atoms with E-state index in [1.807, 2.05) is 19.9 Å². The molecule has 0 aliphatic carbocycles. The molecule has 1 aromatic carbocycles. The van der Waals surface area contributed by atoms with E-state index in [1.54, 1.807) is 11.3 Å². The van der Waals surface area contributed by atoms with Crippen LogP contribution >= 0.6 is 11.3 Å². The fourth-order valence-electron chi connectivity index (χ4n) is 1.94. The van der Waals surface area contributed by atoms with Crippen molar-refractivity contribution >= 4 is 17.6 Å². The van der Waals surface area contributed by atoms with E-state index in [4.69, 9.17) is 0 Å². The van der Waals surface area contributed by atoms with Crippen LogP contribution in [0.2, 0.25) is 0 Å². The largest absolute Gasteiger partial charge is 0.303 e. The van der Waals surface area contributed by atoms with Crippen molar-refractivity contribution in [3.63, 3.8) is 0 Å². The zero-order valence-corrected chi connectivity index (χ0v) is 11.8. The summed E-state index contributed by atoms with van der Waals surface area (Å²) in [6, 6.07) is 8.29. The van der Waals surface area contributed by atoms with Gasteiger partial charge in [-0.2, -0.15) is 0 Å². The van der Waals surface area contributed by atoms with Gasteiger partial charge in [-0.1, -0.05) is 29.8 Å². The van der Waals surface area contributed by atoms with Crippen LogP contribution in [0.4, 0.5) is 0 Å². The van der Waals surface area contributed by atoms with E-state index in [-0.39, 0.29) is 5.92 Å². The second-order valence-corrected chi connectivity index (χ2v) is 5.86. The summed E-state index contributed by atoms with van der Waals surface area (Å²) in [7, 11) is 0. The van der Waals surface area contributed by atoms with Gasteiger partial charge in [-0.25, -0.2) is 4.98 Å². The lowest BCUT2D eigenvalue weighted by molar-refractivity contribution is -0.109. The number of aromatic nitrogens is 1. The molecule has 2 aromatic rings. The molecule has 1 atom stereocenters. The number of carbonyl (C=O) groups excluding carboxylic acids is 1. The average Bonchev–Trinajstić information content (AvgIpc) is 2.66. The third-order valence-corrected chi connectivity index (χ3v) is 4.27. The van der Waals surface area contributed by atoms with Crippen molar-refractivity contribution in [3.05, 3.63) is 51.0 Å². The van der Waals surface area contributed by atoms with E-state index < -0.39 is 0 Å². The van der Waals surface area contributed by atoms with Crippen LogP contribution in [-0.4, -0.2) is 11.3 Å². The van der Waals surface area contributed by atoms with E-state index in [0.29, 0.717) is 0 Å². The van der Waals surface area contributed by atoms with Gasteiger partial charge in [0.1, 0.15) is 11.3 Å². The fraction of sp³-hybridized carbons (Fsp3) is 0.333. The second-order valence-electron chi connectivity index (χ2n) is 4.63. The Morgan fingerprint density at radius 1 is 1.33 bits per heavy atom. The molecule has 18 heavy (non-hydrogen) atoms. The topological polar surface area (TPSA) is 30.0 Å². The Morgan fingerprint density at radius 3 is 2.67 bits per heavy atom. The maximum absolute atomic E-state index is 11.3. The lowest BCUT2D eigenvalue weighted by atomic mass is 10.00. The molecule has 2 nitrogen and oxygen atoms in total. The smallest absolute Gasteiger partial charge is 0.130 e. The van der Waals surface area contributed by atoms with Crippen LogP contribution in [0.5, 0.6) is 0 Å². The monoisotopic (exact) mass is 259 g/mol. The molecule has 1 heterocycles. The Morgan fingerprint density at radius 2 is 2.11 bits per heavy atom. The lowest BCUT2D eigenvalue weighted by Gasteiger charge is -2.07. The van der Waals surface area contributed by atoms with Gasteiger partial charge in [0.15, 0.2) is 0 Å². The molecule has 0 amide bonds. The van der Waals surface area contributed by atoms with Crippen LogP contribution in [0, 0.1) is 20.8 Å². The van der Waals surface area contributed by atoms with E-state index in [1.165, 1.54) is 16.0 Å². The van der Waals surface area contributed by atoms with Crippen molar-refractivity contribution < 1.29 is 4.79 Å². The number of benzene rings is 1. The van der Waals surface area contributed by atoms with E-state index >= 15 is 0 Å². The van der Waals surface area contributed by atoms with Gasteiger partial charge in [0, 0.05) is 4.88 Å². The van der Waals surface area contributed by atoms with Crippen LogP contribution in [0.1, 0.15) is 32.6 Å². The van der Waals surface area contributed by atoms with Gasteiger partial charge in [0.05, 0.1) is 11.6 Å². The van der Waals surface area contributed by atoms with Crippen molar-refractivity contribution in [2.24, 2.45) is 0 Å². The molecule has 0 saturated carbocycles. The highest BCUT2D eigenvalue weighted by Gasteiger charge is 2.16. The highest BCUT2D eigenvalue weighted by Crippen LogP contribution is 2.26. The number of thiazole rings is 1. The summed E-state index contributed by atoms with van der Waals surface area (Å²) >= 11 is 1.63. The molecule has 3 heteroatoms. The molecule has 0 radical (unpaired) electrons. The summed E-state index contributed by atoms with van der Waals surface area (Å²) in [5.74, 6) is -0.121. The fourth-order valence-corrected chi connectivity index (χ4v) is 2.92. The number of rotatable bonds is 4. The Balaban J connectivity index is 2.22. The quantitative estimate of drug-likeness (QED) is 0.785.